The second-order valence-electron chi connectivity index (χ2n) is 5.15. The molecule has 3 aromatic carbocycles. The summed E-state index contributed by atoms with van der Waals surface area (Å²) in [5.74, 6) is 1.65. The van der Waals surface area contributed by atoms with E-state index in [0.29, 0.717) is 5.02 Å². The van der Waals surface area contributed by atoms with Gasteiger partial charge in [0.1, 0.15) is 11.5 Å². The summed E-state index contributed by atoms with van der Waals surface area (Å²) in [6.07, 6.45) is 0. The number of hydrogen-bond acceptors (Lipinski definition) is 2. The number of halogens is 1. The summed E-state index contributed by atoms with van der Waals surface area (Å²) in [6, 6.07) is 21.9. The Kier molecular flexibility index (Phi) is 4.54. The largest absolute Gasteiger partial charge is 0.497 e. The van der Waals surface area contributed by atoms with E-state index >= 15 is 0 Å². The lowest BCUT2D eigenvalue weighted by Gasteiger charge is -2.13. The topological polar surface area (TPSA) is 18.5 Å². The second-order valence-corrected chi connectivity index (χ2v) is 5.59. The molecule has 116 valence electrons. The van der Waals surface area contributed by atoms with Gasteiger partial charge in [-0.3, -0.25) is 0 Å². The lowest BCUT2D eigenvalue weighted by molar-refractivity contribution is 0.415. The predicted octanol–water partition coefficient (Wildman–Crippen LogP) is 5.69. The van der Waals surface area contributed by atoms with Crippen molar-refractivity contribution in [1.29, 1.82) is 0 Å². The van der Waals surface area contributed by atoms with Crippen molar-refractivity contribution >= 4 is 11.6 Å². The summed E-state index contributed by atoms with van der Waals surface area (Å²) >= 11 is 6.23. The molecule has 0 aliphatic carbocycles. The molecule has 0 N–H and O–H groups in total. The highest BCUT2D eigenvalue weighted by Crippen LogP contribution is 2.36. The molecule has 0 unspecified atom stereocenters. The quantitative estimate of drug-likeness (QED) is 0.613. The Balaban J connectivity index is 2.18. The SMILES string of the molecule is COc1cccc(-c2ccc(Cl)cc2-c2cccc(OC)c2)c1. The van der Waals surface area contributed by atoms with Gasteiger partial charge < -0.3 is 9.47 Å². The maximum atomic E-state index is 6.23. The third-order valence-electron chi connectivity index (χ3n) is 3.74. The molecule has 0 atom stereocenters. The lowest BCUT2D eigenvalue weighted by Crippen LogP contribution is -1.89. The molecule has 0 saturated carbocycles. The van der Waals surface area contributed by atoms with Crippen molar-refractivity contribution in [3.05, 3.63) is 71.8 Å². The Labute approximate surface area is 141 Å². The minimum atomic E-state index is 0.703. The molecular weight excluding hydrogens is 308 g/mol. The van der Waals surface area contributed by atoms with Crippen molar-refractivity contribution in [1.82, 2.24) is 0 Å². The Hall–Kier alpha value is -2.45. The van der Waals surface area contributed by atoms with E-state index in [1.54, 1.807) is 14.2 Å². The van der Waals surface area contributed by atoms with Crippen LogP contribution in [-0.4, -0.2) is 14.2 Å². The molecule has 0 spiro atoms. The maximum absolute atomic E-state index is 6.23. The van der Waals surface area contributed by atoms with Gasteiger partial charge in [-0.2, -0.15) is 0 Å². The third kappa shape index (κ3) is 3.33. The second kappa shape index (κ2) is 6.76. The van der Waals surface area contributed by atoms with E-state index in [2.05, 4.69) is 12.1 Å². The molecule has 0 saturated heterocycles. The molecule has 2 nitrogen and oxygen atoms in total. The smallest absolute Gasteiger partial charge is 0.119 e. The fourth-order valence-electron chi connectivity index (χ4n) is 2.59. The van der Waals surface area contributed by atoms with Gasteiger partial charge in [0.05, 0.1) is 14.2 Å². The summed E-state index contributed by atoms with van der Waals surface area (Å²) < 4.78 is 10.7. The van der Waals surface area contributed by atoms with Gasteiger partial charge in [-0.05, 0) is 58.7 Å². The molecule has 0 aromatic heterocycles. The van der Waals surface area contributed by atoms with Crippen molar-refractivity contribution in [3.63, 3.8) is 0 Å². The van der Waals surface area contributed by atoms with Gasteiger partial charge in [0.15, 0.2) is 0 Å². The van der Waals surface area contributed by atoms with Crippen LogP contribution >= 0.6 is 11.6 Å². The molecular formula is C20H17ClO2. The van der Waals surface area contributed by atoms with Crippen LogP contribution in [0, 0.1) is 0 Å². The summed E-state index contributed by atoms with van der Waals surface area (Å²) in [5, 5.41) is 0.703. The van der Waals surface area contributed by atoms with Crippen molar-refractivity contribution < 1.29 is 9.47 Å². The fraction of sp³-hybridized carbons (Fsp3) is 0.100. The van der Waals surface area contributed by atoms with E-state index in [-0.39, 0.29) is 0 Å². The molecule has 0 bridgehead atoms. The van der Waals surface area contributed by atoms with Crippen LogP contribution in [0.25, 0.3) is 22.3 Å². The average Bonchev–Trinajstić information content (AvgIpc) is 2.61. The molecule has 0 fully saturated rings. The Morgan fingerprint density at radius 1 is 0.652 bits per heavy atom. The molecule has 3 aromatic rings. The Bertz CT molecular complexity index is 827. The van der Waals surface area contributed by atoms with E-state index in [0.717, 1.165) is 33.8 Å². The molecule has 23 heavy (non-hydrogen) atoms. The highest BCUT2D eigenvalue weighted by molar-refractivity contribution is 6.31. The molecule has 0 amide bonds. The van der Waals surface area contributed by atoms with Gasteiger partial charge >= 0.3 is 0 Å². The molecule has 0 radical (unpaired) electrons. The van der Waals surface area contributed by atoms with Crippen molar-refractivity contribution in [2.24, 2.45) is 0 Å². The molecule has 0 aliphatic rings. The fourth-order valence-corrected chi connectivity index (χ4v) is 2.76. The zero-order valence-electron chi connectivity index (χ0n) is 13.0. The first kappa shape index (κ1) is 15.4. The van der Waals surface area contributed by atoms with Crippen LogP contribution in [0.15, 0.2) is 66.7 Å². The van der Waals surface area contributed by atoms with Crippen molar-refractivity contribution in [2.75, 3.05) is 14.2 Å². The van der Waals surface area contributed by atoms with E-state index in [1.165, 1.54) is 0 Å². The van der Waals surface area contributed by atoms with Crippen LogP contribution < -0.4 is 9.47 Å². The molecule has 0 heterocycles. The number of hydrogen-bond donors (Lipinski definition) is 0. The highest BCUT2D eigenvalue weighted by Gasteiger charge is 2.10. The van der Waals surface area contributed by atoms with Crippen LogP contribution in [0.3, 0.4) is 0 Å². The first-order valence-corrected chi connectivity index (χ1v) is 7.67. The maximum Gasteiger partial charge on any atom is 0.119 e. The number of ether oxygens (including phenoxy) is 2. The normalized spacial score (nSPS) is 10.4. The van der Waals surface area contributed by atoms with Crippen LogP contribution in [-0.2, 0) is 0 Å². The van der Waals surface area contributed by atoms with E-state index in [1.807, 2.05) is 54.6 Å². The monoisotopic (exact) mass is 324 g/mol. The van der Waals surface area contributed by atoms with Crippen molar-refractivity contribution in [3.8, 4) is 33.8 Å². The number of benzene rings is 3. The number of rotatable bonds is 4. The first-order chi connectivity index (χ1) is 11.2. The van der Waals surface area contributed by atoms with E-state index < -0.39 is 0 Å². The Morgan fingerprint density at radius 3 is 1.78 bits per heavy atom. The highest BCUT2D eigenvalue weighted by atomic mass is 35.5. The zero-order valence-corrected chi connectivity index (χ0v) is 13.8. The standard InChI is InChI=1S/C20H17ClO2/c1-22-17-7-3-5-14(11-17)19-10-9-16(21)13-20(19)15-6-4-8-18(12-15)23-2/h3-13H,1-2H3. The van der Waals surface area contributed by atoms with Gasteiger partial charge in [-0.1, -0.05) is 41.9 Å². The summed E-state index contributed by atoms with van der Waals surface area (Å²) in [4.78, 5) is 0. The minimum Gasteiger partial charge on any atom is -0.497 e. The van der Waals surface area contributed by atoms with Crippen LogP contribution in [0.5, 0.6) is 11.5 Å². The van der Waals surface area contributed by atoms with Gasteiger partial charge in [-0.25, -0.2) is 0 Å². The van der Waals surface area contributed by atoms with Crippen molar-refractivity contribution in [2.45, 2.75) is 0 Å². The number of methoxy groups -OCH3 is 2. The summed E-state index contributed by atoms with van der Waals surface area (Å²) in [7, 11) is 3.34. The van der Waals surface area contributed by atoms with Crippen LogP contribution in [0.4, 0.5) is 0 Å². The Morgan fingerprint density at radius 2 is 1.22 bits per heavy atom. The summed E-state index contributed by atoms with van der Waals surface area (Å²) in [5.41, 5.74) is 4.30. The van der Waals surface area contributed by atoms with Gasteiger partial charge in [0.2, 0.25) is 0 Å². The van der Waals surface area contributed by atoms with Crippen LogP contribution in [0.2, 0.25) is 5.02 Å². The zero-order chi connectivity index (χ0) is 16.2. The molecule has 3 heteroatoms. The predicted molar refractivity (Wildman–Crippen MR) is 95.4 cm³/mol. The lowest BCUT2D eigenvalue weighted by atomic mass is 9.94. The summed E-state index contributed by atoms with van der Waals surface area (Å²) in [6.45, 7) is 0. The average molecular weight is 325 g/mol. The van der Waals surface area contributed by atoms with Gasteiger partial charge in [0.25, 0.3) is 0 Å². The molecule has 0 aliphatic heterocycles. The van der Waals surface area contributed by atoms with E-state index in [9.17, 15) is 0 Å². The molecule has 3 rings (SSSR count). The first-order valence-electron chi connectivity index (χ1n) is 7.29. The minimum absolute atomic E-state index is 0.703. The van der Waals surface area contributed by atoms with E-state index in [4.69, 9.17) is 21.1 Å². The van der Waals surface area contributed by atoms with Gasteiger partial charge in [-0.15, -0.1) is 0 Å². The van der Waals surface area contributed by atoms with Crippen LogP contribution in [0.1, 0.15) is 0 Å². The third-order valence-corrected chi connectivity index (χ3v) is 3.98. The van der Waals surface area contributed by atoms with Gasteiger partial charge in [0, 0.05) is 5.02 Å².